The minimum atomic E-state index is -5.17. The molecule has 1 heterocycles. The van der Waals surface area contributed by atoms with Crippen LogP contribution in [-0.4, -0.2) is 33.8 Å². The third-order valence-corrected chi connectivity index (χ3v) is 1.65. The Bertz CT molecular complexity index is 379. The maximum atomic E-state index is 8.54. The zero-order valence-corrected chi connectivity index (χ0v) is 9.76. The van der Waals surface area contributed by atoms with Crippen LogP contribution in [0.1, 0.15) is 12.8 Å². The second-order valence-electron chi connectivity index (χ2n) is 3.16. The number of aliphatic hydroxyl groups excluding tert-OH is 1. The van der Waals surface area contributed by atoms with Gasteiger partial charge >= 0.3 is 0 Å². The molecule has 0 radical (unpaired) electrons. The van der Waals surface area contributed by atoms with E-state index in [4.69, 9.17) is 22.6 Å². The van der Waals surface area contributed by atoms with Gasteiger partial charge in [-0.25, -0.2) is 9.13 Å². The number of imidazole rings is 1. The molecule has 0 saturated heterocycles. The molecule has 8 heteroatoms. The average Bonchev–Trinajstić information content (AvgIpc) is 2.49. The summed E-state index contributed by atoms with van der Waals surface area (Å²) in [6.07, 6.45) is 8.03. The fraction of sp³-hybridized carbons (Fsp3) is 0.625. The van der Waals surface area contributed by atoms with E-state index in [0.29, 0.717) is 6.61 Å². The summed E-state index contributed by atoms with van der Waals surface area (Å²) in [6, 6.07) is 0. The Balaban J connectivity index is 0.000000385. The van der Waals surface area contributed by atoms with Gasteiger partial charge in [-0.05, 0) is 12.8 Å². The largest absolute Gasteiger partial charge is 0.759 e. The van der Waals surface area contributed by atoms with Crippen LogP contribution in [0.2, 0.25) is 0 Å². The van der Waals surface area contributed by atoms with E-state index in [2.05, 4.69) is 4.57 Å². The van der Waals surface area contributed by atoms with Gasteiger partial charge in [0.25, 0.3) is 0 Å². The lowest BCUT2D eigenvalue weighted by molar-refractivity contribution is -0.671. The van der Waals surface area contributed by atoms with Crippen LogP contribution in [0.5, 0.6) is 0 Å². The summed E-state index contributed by atoms with van der Waals surface area (Å²) in [5.41, 5.74) is 0. The molecular weight excluding hydrogens is 236 g/mol. The zero-order valence-electron chi connectivity index (χ0n) is 8.94. The predicted molar refractivity (Wildman–Crippen MR) is 52.4 cm³/mol. The Morgan fingerprint density at radius 2 is 1.94 bits per heavy atom. The van der Waals surface area contributed by atoms with Crippen LogP contribution in [0.15, 0.2) is 18.7 Å². The van der Waals surface area contributed by atoms with Gasteiger partial charge in [0.05, 0.1) is 13.6 Å². The van der Waals surface area contributed by atoms with E-state index in [0.717, 1.165) is 19.4 Å². The Morgan fingerprint density at radius 3 is 2.31 bits per heavy atom. The van der Waals surface area contributed by atoms with Crippen molar-refractivity contribution in [2.45, 2.75) is 19.4 Å². The maximum absolute atomic E-state index is 8.54. The summed E-state index contributed by atoms with van der Waals surface area (Å²) >= 11 is 0. The normalized spacial score (nSPS) is 10.8. The van der Waals surface area contributed by atoms with E-state index < -0.39 is 10.4 Å². The number of hydrogen-bond acceptors (Lipinski definition) is 5. The van der Waals surface area contributed by atoms with E-state index in [9.17, 15) is 0 Å². The van der Waals surface area contributed by atoms with Crippen molar-refractivity contribution in [2.75, 3.05) is 6.61 Å². The minimum absolute atomic E-state index is 0.299. The summed E-state index contributed by atoms with van der Waals surface area (Å²) in [5, 5.41) is 8.54. The van der Waals surface area contributed by atoms with Crippen LogP contribution in [0.3, 0.4) is 0 Å². The van der Waals surface area contributed by atoms with E-state index in [-0.39, 0.29) is 0 Å². The van der Waals surface area contributed by atoms with Crippen molar-refractivity contribution >= 4 is 10.4 Å². The summed E-state index contributed by atoms with van der Waals surface area (Å²) in [7, 11) is -3.16. The molecule has 0 atom stereocenters. The molecule has 1 aromatic heterocycles. The Hall–Kier alpha value is -0.960. The molecule has 1 N–H and O–H groups in total. The second-order valence-corrected chi connectivity index (χ2v) is 3.97. The smallest absolute Gasteiger partial charge is 0.243 e. The van der Waals surface area contributed by atoms with Gasteiger partial charge < -0.3 is 14.2 Å². The maximum Gasteiger partial charge on any atom is 0.243 e. The summed E-state index contributed by atoms with van der Waals surface area (Å²) in [5.74, 6) is 0. The number of aromatic nitrogens is 2. The molecule has 0 spiro atoms. The first-order valence-electron chi connectivity index (χ1n) is 4.61. The Morgan fingerprint density at radius 1 is 1.38 bits per heavy atom. The molecule has 0 saturated carbocycles. The number of aryl methyl sites for hydroxylation is 2. The first-order chi connectivity index (χ1) is 7.33. The van der Waals surface area contributed by atoms with E-state index in [1.54, 1.807) is 0 Å². The molecule has 1 aromatic rings. The number of rotatable bonds is 4. The lowest BCUT2D eigenvalue weighted by Crippen LogP contribution is -2.23. The molecule has 0 aliphatic rings. The first kappa shape index (κ1) is 15.0. The van der Waals surface area contributed by atoms with Gasteiger partial charge in [-0.15, -0.1) is 0 Å². The van der Waals surface area contributed by atoms with Gasteiger partial charge in [0, 0.05) is 17.0 Å². The molecule has 0 aliphatic heterocycles. The fourth-order valence-corrected chi connectivity index (χ4v) is 1.04. The quantitative estimate of drug-likeness (QED) is 0.311. The Kier molecular flexibility index (Phi) is 6.90. The van der Waals surface area contributed by atoms with Crippen molar-refractivity contribution in [3.63, 3.8) is 0 Å². The van der Waals surface area contributed by atoms with Crippen molar-refractivity contribution < 1.29 is 27.2 Å². The van der Waals surface area contributed by atoms with Crippen LogP contribution >= 0.6 is 0 Å². The van der Waals surface area contributed by atoms with Gasteiger partial charge in [0.2, 0.25) is 6.33 Å². The lowest BCUT2D eigenvalue weighted by Gasteiger charge is -2.06. The Labute approximate surface area is 94.5 Å². The highest BCUT2D eigenvalue weighted by molar-refractivity contribution is 7.79. The summed E-state index contributed by atoms with van der Waals surface area (Å²) in [6.45, 7) is 1.30. The summed E-state index contributed by atoms with van der Waals surface area (Å²) < 4.78 is 38.2. The zero-order chi connectivity index (χ0) is 12.6. The van der Waals surface area contributed by atoms with Crippen LogP contribution in [0.4, 0.5) is 0 Å². The second kappa shape index (κ2) is 7.34. The molecule has 0 aromatic carbocycles. The molecule has 0 aliphatic carbocycles. The fourth-order valence-electron chi connectivity index (χ4n) is 1.04. The summed E-state index contributed by atoms with van der Waals surface area (Å²) in [4.78, 5) is 0. The molecule has 0 amide bonds. The highest BCUT2D eigenvalue weighted by Crippen LogP contribution is 1.92. The highest BCUT2D eigenvalue weighted by atomic mass is 32.3. The predicted octanol–water partition coefficient (Wildman–Crippen LogP) is -1.25. The molecule has 7 nitrogen and oxygen atoms in total. The third kappa shape index (κ3) is 11.1. The van der Waals surface area contributed by atoms with Crippen molar-refractivity contribution in [3.8, 4) is 0 Å². The molecule has 1 rings (SSSR count). The number of hydrogen-bond donors (Lipinski definition) is 1. The monoisotopic (exact) mass is 251 g/mol. The molecule has 16 heavy (non-hydrogen) atoms. The third-order valence-electron chi connectivity index (χ3n) is 1.65. The molecular formula is C8H15N2O5S-. The van der Waals surface area contributed by atoms with Gasteiger partial charge in [-0.3, -0.25) is 8.42 Å². The van der Waals surface area contributed by atoms with Crippen molar-refractivity contribution in [2.24, 2.45) is 7.05 Å². The minimum Gasteiger partial charge on any atom is -0.759 e. The standard InChI is InChI=1S/C8H15N2O.H2O4S/c1-9-5-6-10(8-9)4-2-3-7-11;1-5(2,3)4/h5-6,8,11H,2-4,7H2,1H3;(H2,1,2,3,4)/q+1;/p-2. The number of unbranched alkanes of at least 4 members (excludes halogenated alkanes) is 1. The number of nitrogens with zero attached hydrogens (tertiary/aromatic N) is 2. The SMILES string of the molecule is C[n+]1ccn(CCCCO)c1.O=S(=O)([O-])[O-]. The van der Waals surface area contributed by atoms with E-state index in [1.807, 2.05) is 30.3 Å². The van der Waals surface area contributed by atoms with E-state index in [1.165, 1.54) is 0 Å². The molecule has 0 fully saturated rings. The van der Waals surface area contributed by atoms with Crippen LogP contribution in [-0.2, 0) is 24.0 Å². The lowest BCUT2D eigenvalue weighted by atomic mass is 10.3. The van der Waals surface area contributed by atoms with Gasteiger partial charge in [0.15, 0.2) is 0 Å². The van der Waals surface area contributed by atoms with Gasteiger partial charge in [0.1, 0.15) is 12.4 Å². The average molecular weight is 251 g/mol. The van der Waals surface area contributed by atoms with Gasteiger partial charge in [-0.1, -0.05) is 0 Å². The van der Waals surface area contributed by atoms with Gasteiger partial charge in [-0.2, -0.15) is 0 Å². The van der Waals surface area contributed by atoms with Crippen LogP contribution < -0.4 is 4.57 Å². The first-order valence-corrected chi connectivity index (χ1v) is 5.95. The van der Waals surface area contributed by atoms with Crippen molar-refractivity contribution in [3.05, 3.63) is 18.7 Å². The molecule has 0 unspecified atom stereocenters. The molecule has 94 valence electrons. The highest BCUT2D eigenvalue weighted by Gasteiger charge is 1.97. The van der Waals surface area contributed by atoms with Crippen LogP contribution in [0.25, 0.3) is 0 Å². The van der Waals surface area contributed by atoms with Crippen LogP contribution in [0, 0.1) is 0 Å². The van der Waals surface area contributed by atoms with Crippen molar-refractivity contribution in [1.29, 1.82) is 0 Å². The van der Waals surface area contributed by atoms with Crippen molar-refractivity contribution in [1.82, 2.24) is 4.57 Å². The topological polar surface area (TPSA) is 109 Å². The molecule has 0 bridgehead atoms. The van der Waals surface area contributed by atoms with E-state index >= 15 is 0 Å². The number of aliphatic hydroxyl groups is 1.